The maximum absolute atomic E-state index is 11.6. The zero-order chi connectivity index (χ0) is 12.0. The number of hydrogen-bond donors (Lipinski definition) is 0. The highest BCUT2D eigenvalue weighted by atomic mass is 16.6. The van der Waals surface area contributed by atoms with Crippen molar-refractivity contribution in [3.8, 4) is 0 Å². The lowest BCUT2D eigenvalue weighted by molar-refractivity contribution is -0.159. The molecule has 2 unspecified atom stereocenters. The van der Waals surface area contributed by atoms with E-state index in [2.05, 4.69) is 13.8 Å². The molecule has 0 aromatic rings. The first kappa shape index (κ1) is 13.5. The molecule has 0 aliphatic heterocycles. The molecule has 0 radical (unpaired) electrons. The van der Waals surface area contributed by atoms with Crippen LogP contribution >= 0.6 is 0 Å². The van der Waals surface area contributed by atoms with Crippen LogP contribution in [0.15, 0.2) is 0 Å². The lowest BCUT2D eigenvalue weighted by Crippen LogP contribution is -2.35. The second-order valence-corrected chi connectivity index (χ2v) is 5.02. The van der Waals surface area contributed by atoms with Gasteiger partial charge in [-0.15, -0.1) is 0 Å². The van der Waals surface area contributed by atoms with Gasteiger partial charge in [0.05, 0.1) is 6.10 Å². The molecule has 1 aliphatic carbocycles. The summed E-state index contributed by atoms with van der Waals surface area (Å²) in [5, 5.41) is 0. The van der Waals surface area contributed by atoms with Gasteiger partial charge < -0.3 is 9.47 Å². The second-order valence-electron chi connectivity index (χ2n) is 5.02. The topological polar surface area (TPSA) is 35.5 Å². The summed E-state index contributed by atoms with van der Waals surface area (Å²) in [6, 6.07) is 0. The first-order valence-electron chi connectivity index (χ1n) is 6.35. The molecule has 94 valence electrons. The third kappa shape index (κ3) is 4.52. The van der Waals surface area contributed by atoms with Gasteiger partial charge in [0.25, 0.3) is 0 Å². The third-order valence-electron chi connectivity index (χ3n) is 3.15. The number of rotatable bonds is 5. The molecule has 1 rings (SSSR count). The quantitative estimate of drug-likeness (QED) is 0.679. The van der Waals surface area contributed by atoms with Crippen molar-refractivity contribution in [3.05, 3.63) is 0 Å². The van der Waals surface area contributed by atoms with Crippen LogP contribution in [0.25, 0.3) is 0 Å². The summed E-state index contributed by atoms with van der Waals surface area (Å²) in [6.45, 7) is 4.23. The lowest BCUT2D eigenvalue weighted by Gasteiger charge is -2.30. The molecular formula is C13H24O3. The van der Waals surface area contributed by atoms with Crippen LogP contribution in [0, 0.1) is 5.92 Å². The zero-order valence-corrected chi connectivity index (χ0v) is 10.7. The number of hydrogen-bond acceptors (Lipinski definition) is 3. The molecule has 3 heteroatoms. The van der Waals surface area contributed by atoms with Gasteiger partial charge >= 0.3 is 5.97 Å². The molecule has 0 N–H and O–H groups in total. The third-order valence-corrected chi connectivity index (χ3v) is 3.15. The van der Waals surface area contributed by atoms with E-state index in [1.807, 2.05) is 0 Å². The van der Waals surface area contributed by atoms with Gasteiger partial charge in [0, 0.05) is 13.5 Å². The Morgan fingerprint density at radius 2 is 1.88 bits per heavy atom. The van der Waals surface area contributed by atoms with Crippen LogP contribution < -0.4 is 0 Å². The van der Waals surface area contributed by atoms with Crippen LogP contribution in [-0.2, 0) is 14.3 Å². The Kier molecular flexibility index (Phi) is 5.81. The number of ether oxygens (including phenoxy) is 2. The van der Waals surface area contributed by atoms with E-state index in [0.29, 0.717) is 12.3 Å². The molecule has 0 spiro atoms. The van der Waals surface area contributed by atoms with Gasteiger partial charge in [-0.3, -0.25) is 4.79 Å². The van der Waals surface area contributed by atoms with Crippen LogP contribution in [0.4, 0.5) is 0 Å². The normalized spacial score (nSPS) is 25.8. The summed E-state index contributed by atoms with van der Waals surface area (Å²) >= 11 is 0. The van der Waals surface area contributed by atoms with Crippen LogP contribution in [0.1, 0.15) is 52.4 Å². The highest BCUT2D eigenvalue weighted by molar-refractivity contribution is 5.69. The van der Waals surface area contributed by atoms with Gasteiger partial charge in [0.1, 0.15) is 6.10 Å². The van der Waals surface area contributed by atoms with Crippen molar-refractivity contribution < 1.29 is 14.3 Å². The molecule has 0 heterocycles. The van der Waals surface area contributed by atoms with Crippen LogP contribution in [0.3, 0.4) is 0 Å². The summed E-state index contributed by atoms with van der Waals surface area (Å²) in [4.78, 5) is 11.6. The fourth-order valence-electron chi connectivity index (χ4n) is 2.10. The Balaban J connectivity index is 2.30. The molecule has 16 heavy (non-hydrogen) atoms. The minimum Gasteiger partial charge on any atom is -0.460 e. The van der Waals surface area contributed by atoms with Crippen molar-refractivity contribution in [2.75, 3.05) is 7.11 Å². The monoisotopic (exact) mass is 228 g/mol. The molecule has 0 aromatic carbocycles. The average molecular weight is 228 g/mol. The Hall–Kier alpha value is -0.570. The van der Waals surface area contributed by atoms with Crippen molar-refractivity contribution in [2.45, 2.75) is 64.6 Å². The molecule has 0 aromatic heterocycles. The predicted octanol–water partition coefficient (Wildman–Crippen LogP) is 2.92. The lowest BCUT2D eigenvalue weighted by atomic mass is 9.94. The van der Waals surface area contributed by atoms with E-state index < -0.39 is 0 Å². The van der Waals surface area contributed by atoms with Gasteiger partial charge in [-0.25, -0.2) is 0 Å². The van der Waals surface area contributed by atoms with E-state index in [4.69, 9.17) is 9.47 Å². The van der Waals surface area contributed by atoms with Crippen LogP contribution in [-0.4, -0.2) is 25.3 Å². The summed E-state index contributed by atoms with van der Waals surface area (Å²) in [7, 11) is 1.70. The van der Waals surface area contributed by atoms with Crippen molar-refractivity contribution in [1.29, 1.82) is 0 Å². The van der Waals surface area contributed by atoms with E-state index in [1.165, 1.54) is 6.42 Å². The maximum atomic E-state index is 11.6. The minimum absolute atomic E-state index is 0.0154. The number of carbonyl (C=O) groups is 1. The smallest absolute Gasteiger partial charge is 0.306 e. The molecule has 0 amide bonds. The van der Waals surface area contributed by atoms with Gasteiger partial charge in [0.2, 0.25) is 0 Å². The van der Waals surface area contributed by atoms with E-state index in [-0.39, 0.29) is 18.2 Å². The number of carbonyl (C=O) groups excluding carboxylic acids is 1. The summed E-state index contributed by atoms with van der Waals surface area (Å²) in [6.07, 6.45) is 5.81. The molecule has 1 aliphatic rings. The average Bonchev–Trinajstić information content (AvgIpc) is 2.27. The Bertz CT molecular complexity index is 213. The van der Waals surface area contributed by atoms with Crippen LogP contribution in [0.2, 0.25) is 0 Å². The molecule has 2 atom stereocenters. The summed E-state index contributed by atoms with van der Waals surface area (Å²) in [5.74, 6) is 0.486. The Morgan fingerprint density at radius 3 is 2.44 bits per heavy atom. The van der Waals surface area contributed by atoms with E-state index >= 15 is 0 Å². The summed E-state index contributed by atoms with van der Waals surface area (Å²) in [5.41, 5.74) is 0. The molecule has 3 nitrogen and oxygen atoms in total. The van der Waals surface area contributed by atoms with Crippen molar-refractivity contribution in [3.63, 3.8) is 0 Å². The van der Waals surface area contributed by atoms with E-state index in [9.17, 15) is 4.79 Å². The standard InChI is InChI=1S/C13H24O3/c1-10(2)8-9-13(14)16-12-7-5-4-6-11(12)15-3/h10-12H,4-9H2,1-3H3. The predicted molar refractivity (Wildman–Crippen MR) is 63.2 cm³/mol. The molecule has 0 bridgehead atoms. The second kappa shape index (κ2) is 6.89. The van der Waals surface area contributed by atoms with Gasteiger partial charge in [-0.1, -0.05) is 20.3 Å². The summed E-state index contributed by atoms with van der Waals surface area (Å²) < 4.78 is 10.8. The van der Waals surface area contributed by atoms with Gasteiger partial charge in [0.15, 0.2) is 0 Å². The SMILES string of the molecule is COC1CCCCC1OC(=O)CCC(C)C. The zero-order valence-electron chi connectivity index (χ0n) is 10.7. The fraction of sp³-hybridized carbons (Fsp3) is 0.923. The molecular weight excluding hydrogens is 204 g/mol. The maximum Gasteiger partial charge on any atom is 0.306 e. The highest BCUT2D eigenvalue weighted by Crippen LogP contribution is 2.24. The highest BCUT2D eigenvalue weighted by Gasteiger charge is 2.27. The first-order valence-corrected chi connectivity index (χ1v) is 6.35. The van der Waals surface area contributed by atoms with Gasteiger partial charge in [-0.2, -0.15) is 0 Å². The van der Waals surface area contributed by atoms with Gasteiger partial charge in [-0.05, 0) is 31.6 Å². The van der Waals surface area contributed by atoms with E-state index in [1.54, 1.807) is 7.11 Å². The molecule has 1 fully saturated rings. The van der Waals surface area contributed by atoms with Crippen molar-refractivity contribution in [2.24, 2.45) is 5.92 Å². The number of methoxy groups -OCH3 is 1. The Morgan fingerprint density at radius 1 is 1.25 bits per heavy atom. The molecule has 0 saturated heterocycles. The fourth-order valence-corrected chi connectivity index (χ4v) is 2.10. The minimum atomic E-state index is -0.0670. The van der Waals surface area contributed by atoms with E-state index in [0.717, 1.165) is 25.7 Å². The first-order chi connectivity index (χ1) is 7.63. The largest absolute Gasteiger partial charge is 0.460 e. The Labute approximate surface area is 98.5 Å². The molecule has 1 saturated carbocycles. The number of esters is 1. The van der Waals surface area contributed by atoms with Crippen molar-refractivity contribution >= 4 is 5.97 Å². The van der Waals surface area contributed by atoms with Crippen LogP contribution in [0.5, 0.6) is 0 Å². The van der Waals surface area contributed by atoms with Crippen molar-refractivity contribution in [1.82, 2.24) is 0 Å².